The van der Waals surface area contributed by atoms with Gasteiger partial charge in [0.25, 0.3) is 0 Å². The molecule has 2 amide bonds. The topological polar surface area (TPSA) is 52.6 Å². The van der Waals surface area contributed by atoms with Gasteiger partial charge in [-0.15, -0.1) is 0 Å². The van der Waals surface area contributed by atoms with Gasteiger partial charge in [0.1, 0.15) is 0 Å². The zero-order valence-electron chi connectivity index (χ0n) is 10.9. The Morgan fingerprint density at radius 1 is 1.50 bits per heavy atom. The Balaban J connectivity index is 1.99. The Kier molecular flexibility index (Phi) is 3.87. The van der Waals surface area contributed by atoms with Gasteiger partial charge in [0, 0.05) is 18.8 Å². The largest absolute Gasteiger partial charge is 0.389 e. The molecule has 4 heteroatoms. The van der Waals surface area contributed by atoms with Gasteiger partial charge in [-0.2, -0.15) is 0 Å². The number of hydrogen-bond acceptors (Lipinski definition) is 2. The van der Waals surface area contributed by atoms with Crippen molar-refractivity contribution in [2.24, 2.45) is 0 Å². The SMILES string of the molecule is CC(O)c1cccc(NC(=O)N(C)C2CCC2)c1. The quantitative estimate of drug-likeness (QED) is 0.864. The monoisotopic (exact) mass is 248 g/mol. The van der Waals surface area contributed by atoms with Crippen LogP contribution in [0.3, 0.4) is 0 Å². The van der Waals surface area contributed by atoms with Crippen molar-refractivity contribution in [1.29, 1.82) is 0 Å². The first-order valence-electron chi connectivity index (χ1n) is 6.40. The van der Waals surface area contributed by atoms with E-state index in [0.29, 0.717) is 6.04 Å². The number of hydrogen-bond donors (Lipinski definition) is 2. The highest BCUT2D eigenvalue weighted by Crippen LogP contribution is 2.24. The zero-order chi connectivity index (χ0) is 13.1. The number of urea groups is 1. The summed E-state index contributed by atoms with van der Waals surface area (Å²) in [7, 11) is 1.83. The van der Waals surface area contributed by atoms with Crippen molar-refractivity contribution in [2.75, 3.05) is 12.4 Å². The van der Waals surface area contributed by atoms with Crippen molar-refractivity contribution in [3.05, 3.63) is 29.8 Å². The third-order valence-corrected chi connectivity index (χ3v) is 3.56. The number of rotatable bonds is 3. The van der Waals surface area contributed by atoms with E-state index in [9.17, 15) is 9.90 Å². The van der Waals surface area contributed by atoms with Crippen molar-refractivity contribution >= 4 is 11.7 Å². The molecule has 1 saturated carbocycles. The number of aliphatic hydroxyl groups is 1. The summed E-state index contributed by atoms with van der Waals surface area (Å²) in [6, 6.07) is 7.61. The first-order chi connectivity index (χ1) is 8.58. The summed E-state index contributed by atoms with van der Waals surface area (Å²) >= 11 is 0. The first kappa shape index (κ1) is 12.9. The lowest BCUT2D eigenvalue weighted by Crippen LogP contribution is -2.43. The highest BCUT2D eigenvalue weighted by atomic mass is 16.3. The molecular weight excluding hydrogens is 228 g/mol. The number of aliphatic hydroxyl groups excluding tert-OH is 1. The molecule has 98 valence electrons. The minimum atomic E-state index is -0.522. The van der Waals surface area contributed by atoms with Crippen LogP contribution in [0.15, 0.2) is 24.3 Å². The first-order valence-corrected chi connectivity index (χ1v) is 6.40. The van der Waals surface area contributed by atoms with E-state index in [2.05, 4.69) is 5.32 Å². The maximum atomic E-state index is 12.0. The van der Waals surface area contributed by atoms with E-state index in [1.807, 2.05) is 25.2 Å². The molecular formula is C14H20N2O2. The van der Waals surface area contributed by atoms with Gasteiger partial charge in [-0.05, 0) is 43.9 Å². The fourth-order valence-electron chi connectivity index (χ4n) is 2.03. The van der Waals surface area contributed by atoms with Crippen LogP contribution in [0.1, 0.15) is 37.9 Å². The summed E-state index contributed by atoms with van der Waals surface area (Å²) in [6.07, 6.45) is 2.88. The van der Waals surface area contributed by atoms with Gasteiger partial charge in [-0.3, -0.25) is 0 Å². The molecule has 0 aromatic heterocycles. The summed E-state index contributed by atoms with van der Waals surface area (Å²) in [6.45, 7) is 1.71. The second kappa shape index (κ2) is 5.40. The minimum Gasteiger partial charge on any atom is -0.389 e. The molecule has 0 aliphatic heterocycles. The lowest BCUT2D eigenvalue weighted by atomic mass is 9.92. The number of amides is 2. The molecule has 2 N–H and O–H groups in total. The van der Waals surface area contributed by atoms with Crippen LogP contribution in [0.25, 0.3) is 0 Å². The van der Waals surface area contributed by atoms with E-state index in [4.69, 9.17) is 0 Å². The van der Waals surface area contributed by atoms with Crippen LogP contribution in [-0.2, 0) is 0 Å². The fraction of sp³-hybridized carbons (Fsp3) is 0.500. The zero-order valence-corrected chi connectivity index (χ0v) is 10.9. The average molecular weight is 248 g/mol. The summed E-state index contributed by atoms with van der Waals surface area (Å²) in [5, 5.41) is 12.4. The van der Waals surface area contributed by atoms with E-state index in [-0.39, 0.29) is 6.03 Å². The van der Waals surface area contributed by atoms with E-state index < -0.39 is 6.10 Å². The van der Waals surface area contributed by atoms with Gasteiger partial charge < -0.3 is 15.3 Å². The lowest BCUT2D eigenvalue weighted by molar-refractivity contribution is 0.169. The van der Waals surface area contributed by atoms with Crippen LogP contribution in [0.5, 0.6) is 0 Å². The summed E-state index contributed by atoms with van der Waals surface area (Å²) in [5.74, 6) is 0. The smallest absolute Gasteiger partial charge is 0.321 e. The molecule has 1 unspecified atom stereocenters. The minimum absolute atomic E-state index is 0.0811. The van der Waals surface area contributed by atoms with Gasteiger partial charge >= 0.3 is 6.03 Å². The molecule has 4 nitrogen and oxygen atoms in total. The molecule has 1 aromatic rings. The Morgan fingerprint density at radius 3 is 2.78 bits per heavy atom. The average Bonchev–Trinajstić information content (AvgIpc) is 2.26. The van der Waals surface area contributed by atoms with Crippen molar-refractivity contribution in [3.8, 4) is 0 Å². The summed E-state index contributed by atoms with van der Waals surface area (Å²) < 4.78 is 0. The predicted molar refractivity (Wildman–Crippen MR) is 71.5 cm³/mol. The van der Waals surface area contributed by atoms with Crippen LogP contribution >= 0.6 is 0 Å². The van der Waals surface area contributed by atoms with E-state index in [1.165, 1.54) is 6.42 Å². The van der Waals surface area contributed by atoms with Crippen LogP contribution in [0.4, 0.5) is 10.5 Å². The number of carbonyl (C=O) groups excluding carboxylic acids is 1. The molecule has 0 saturated heterocycles. The van der Waals surface area contributed by atoms with Crippen molar-refractivity contribution in [2.45, 2.75) is 38.3 Å². The number of carbonyl (C=O) groups is 1. The van der Waals surface area contributed by atoms with Crippen LogP contribution in [0.2, 0.25) is 0 Å². The van der Waals surface area contributed by atoms with Gasteiger partial charge in [0.2, 0.25) is 0 Å². The normalized spacial score (nSPS) is 16.8. The molecule has 1 atom stereocenters. The second-order valence-electron chi connectivity index (χ2n) is 4.93. The second-order valence-corrected chi connectivity index (χ2v) is 4.93. The predicted octanol–water partition coefficient (Wildman–Crippen LogP) is 2.76. The third-order valence-electron chi connectivity index (χ3n) is 3.56. The summed E-state index contributed by atoms with van der Waals surface area (Å²) in [5.41, 5.74) is 1.53. The molecule has 1 aromatic carbocycles. The third kappa shape index (κ3) is 2.82. The fourth-order valence-corrected chi connectivity index (χ4v) is 2.03. The van der Waals surface area contributed by atoms with Crippen molar-refractivity contribution in [1.82, 2.24) is 4.90 Å². The lowest BCUT2D eigenvalue weighted by Gasteiger charge is -2.34. The number of anilines is 1. The van der Waals surface area contributed by atoms with Gasteiger partial charge in [0.05, 0.1) is 6.10 Å². The van der Waals surface area contributed by atoms with Crippen LogP contribution in [0, 0.1) is 0 Å². The highest BCUT2D eigenvalue weighted by molar-refractivity contribution is 5.89. The Labute approximate surface area is 108 Å². The van der Waals surface area contributed by atoms with Crippen molar-refractivity contribution in [3.63, 3.8) is 0 Å². The Hall–Kier alpha value is -1.55. The van der Waals surface area contributed by atoms with E-state index >= 15 is 0 Å². The molecule has 1 aliphatic rings. The van der Waals surface area contributed by atoms with Crippen molar-refractivity contribution < 1.29 is 9.90 Å². The Morgan fingerprint density at radius 2 is 2.22 bits per heavy atom. The van der Waals surface area contributed by atoms with Gasteiger partial charge in [-0.1, -0.05) is 12.1 Å². The molecule has 1 fully saturated rings. The maximum Gasteiger partial charge on any atom is 0.321 e. The van der Waals surface area contributed by atoms with E-state index in [0.717, 1.165) is 24.1 Å². The van der Waals surface area contributed by atoms with E-state index in [1.54, 1.807) is 17.9 Å². The molecule has 0 spiro atoms. The Bertz CT molecular complexity index is 428. The molecule has 2 rings (SSSR count). The standard InChI is InChI=1S/C14H20N2O2/c1-10(17)11-5-3-6-12(9-11)15-14(18)16(2)13-7-4-8-13/h3,5-6,9-10,13,17H,4,7-8H2,1-2H3,(H,15,18). The van der Waals surface area contributed by atoms with Crippen LogP contribution < -0.4 is 5.32 Å². The molecule has 0 heterocycles. The summed E-state index contributed by atoms with van der Waals surface area (Å²) in [4.78, 5) is 13.7. The maximum absolute atomic E-state index is 12.0. The number of benzene rings is 1. The van der Waals surface area contributed by atoms with Gasteiger partial charge in [-0.25, -0.2) is 4.79 Å². The van der Waals surface area contributed by atoms with Gasteiger partial charge in [0.15, 0.2) is 0 Å². The number of nitrogens with one attached hydrogen (secondary N) is 1. The molecule has 0 bridgehead atoms. The molecule has 18 heavy (non-hydrogen) atoms. The highest BCUT2D eigenvalue weighted by Gasteiger charge is 2.25. The van der Waals surface area contributed by atoms with Crippen LogP contribution in [-0.4, -0.2) is 29.1 Å². The molecule has 0 radical (unpaired) electrons. The number of nitrogens with zero attached hydrogens (tertiary/aromatic N) is 1. The molecule has 1 aliphatic carbocycles.